The fraction of sp³-hybridized carbons (Fsp3) is 0.917. The van der Waals surface area contributed by atoms with E-state index in [4.69, 9.17) is 14.4 Å². The van der Waals surface area contributed by atoms with Crippen molar-refractivity contribution in [3.63, 3.8) is 0 Å². The normalized spacial score (nSPS) is 8.94. The first kappa shape index (κ1) is 22.7. The molecule has 0 atom stereocenters. The molecule has 0 saturated heterocycles. The summed E-state index contributed by atoms with van der Waals surface area (Å²) in [6.07, 6.45) is 13.9. The molecule has 105 valence electrons. The van der Waals surface area contributed by atoms with Crippen LogP contribution in [-0.4, -0.2) is 0 Å². The topological polar surface area (TPSA) is 63.2 Å². The van der Waals surface area contributed by atoms with E-state index in [1.807, 2.05) is 0 Å². The minimum absolute atomic E-state index is 0. The second-order valence-electron chi connectivity index (χ2n) is 3.91. The molecule has 0 aromatic rings. The van der Waals surface area contributed by atoms with Crippen LogP contribution in [0.15, 0.2) is 0 Å². The van der Waals surface area contributed by atoms with Crippen LogP contribution in [0.3, 0.4) is 0 Å². The molecule has 0 unspecified atom stereocenters. The Balaban J connectivity index is -0.000000340. The maximum Gasteiger partial charge on any atom is 3.00 e. The van der Waals surface area contributed by atoms with Crippen LogP contribution >= 0.6 is 8.25 Å². The Kier molecular flexibility index (Phi) is 29.0. The van der Waals surface area contributed by atoms with Gasteiger partial charge in [-0.2, -0.15) is 6.42 Å². The van der Waals surface area contributed by atoms with E-state index in [0.717, 1.165) is 6.42 Å². The van der Waals surface area contributed by atoms with Crippen molar-refractivity contribution in [3.8, 4) is 0 Å². The van der Waals surface area contributed by atoms with Crippen LogP contribution in [0, 0.1) is 6.92 Å². The van der Waals surface area contributed by atoms with Crippen molar-refractivity contribution in [1.82, 2.24) is 0 Å². The average Bonchev–Trinajstić information content (AvgIpc) is 2.21. The Bertz CT molecular complexity index is 132. The summed E-state index contributed by atoms with van der Waals surface area (Å²) < 4.78 is 8.48. The minimum Gasteiger partial charge on any atom is -0.598 e. The largest absolute Gasteiger partial charge is 3.00 e. The second-order valence-corrected chi connectivity index (χ2v) is 4.35. The Labute approximate surface area is 117 Å². The molecule has 0 spiro atoms. The van der Waals surface area contributed by atoms with Gasteiger partial charge in [0.25, 0.3) is 8.25 Å². The second kappa shape index (κ2) is 21.8. The van der Waals surface area contributed by atoms with Gasteiger partial charge in [-0.25, -0.2) is 0 Å². The van der Waals surface area contributed by atoms with Gasteiger partial charge in [0.1, 0.15) is 0 Å². The van der Waals surface area contributed by atoms with Crippen LogP contribution in [0.4, 0.5) is 0 Å². The summed E-state index contributed by atoms with van der Waals surface area (Å²) in [7, 11) is -3.37. The van der Waals surface area contributed by atoms with Gasteiger partial charge in [-0.05, 0) is 0 Å². The van der Waals surface area contributed by atoms with Gasteiger partial charge in [-0.15, -0.1) is 0 Å². The molecule has 0 N–H and O–H groups in total. The van der Waals surface area contributed by atoms with Crippen molar-refractivity contribution in [3.05, 3.63) is 6.92 Å². The van der Waals surface area contributed by atoms with E-state index in [2.05, 4.69) is 13.8 Å². The first-order chi connectivity index (χ1) is 7.65. The van der Waals surface area contributed by atoms with Gasteiger partial charge < -0.3 is 16.7 Å². The summed E-state index contributed by atoms with van der Waals surface area (Å²) in [4.78, 5) is 17.0. The van der Waals surface area contributed by atoms with Crippen molar-refractivity contribution < 1.29 is 30.8 Å². The molecule has 0 amide bonds. The predicted molar refractivity (Wildman–Crippen MR) is 64.8 cm³/mol. The fourth-order valence-electron chi connectivity index (χ4n) is 1.49. The maximum absolute atomic E-state index is 8.48. The van der Waals surface area contributed by atoms with Crippen LogP contribution in [0.1, 0.15) is 71.1 Å². The van der Waals surface area contributed by atoms with Gasteiger partial charge >= 0.3 is 16.5 Å². The fourth-order valence-corrected chi connectivity index (χ4v) is 1.49. The standard InChI is InChI=1S/C12H25.Ni.HO3P/c1-3-5-7-9-11-12-10-8-6-4-2;;1-4(2)3/h1,3-12H2,2H3;;(H,1,2,3)/q-1;+3;/p-1. The van der Waals surface area contributed by atoms with E-state index in [-0.39, 0.29) is 16.5 Å². The molecule has 0 bridgehead atoms. The average molecular weight is 307 g/mol. The van der Waals surface area contributed by atoms with Crippen molar-refractivity contribution >= 4 is 8.25 Å². The molecule has 0 aromatic carbocycles. The summed E-state index contributed by atoms with van der Waals surface area (Å²) in [5.41, 5.74) is 0. The summed E-state index contributed by atoms with van der Waals surface area (Å²) in [5, 5.41) is 0. The predicted octanol–water partition coefficient (Wildman–Crippen LogP) is 3.10. The Morgan fingerprint density at radius 3 is 1.47 bits per heavy atom. The zero-order valence-corrected chi connectivity index (χ0v) is 12.6. The zero-order chi connectivity index (χ0) is 12.6. The summed E-state index contributed by atoms with van der Waals surface area (Å²) in [6.45, 7) is 6.12. The van der Waals surface area contributed by atoms with Crippen LogP contribution < -0.4 is 9.79 Å². The molecule has 5 heteroatoms. The van der Waals surface area contributed by atoms with E-state index >= 15 is 0 Å². The van der Waals surface area contributed by atoms with E-state index < -0.39 is 8.25 Å². The molecular weight excluding hydrogens is 282 g/mol. The van der Waals surface area contributed by atoms with Crippen molar-refractivity contribution in [2.75, 3.05) is 0 Å². The van der Waals surface area contributed by atoms with Crippen molar-refractivity contribution in [2.24, 2.45) is 0 Å². The van der Waals surface area contributed by atoms with Gasteiger partial charge in [0.2, 0.25) is 0 Å². The third kappa shape index (κ3) is 38.4. The Morgan fingerprint density at radius 1 is 0.882 bits per heavy atom. The summed E-state index contributed by atoms with van der Waals surface area (Å²) in [6, 6.07) is 0. The number of hydrogen-bond acceptors (Lipinski definition) is 3. The van der Waals surface area contributed by atoms with E-state index in [0.29, 0.717) is 0 Å². The molecule has 0 saturated carbocycles. The van der Waals surface area contributed by atoms with E-state index in [1.165, 1.54) is 57.8 Å². The van der Waals surface area contributed by atoms with Gasteiger partial charge in [-0.1, -0.05) is 69.3 Å². The van der Waals surface area contributed by atoms with E-state index in [1.54, 1.807) is 0 Å². The molecule has 0 aliphatic heterocycles. The maximum atomic E-state index is 8.48. The van der Waals surface area contributed by atoms with Gasteiger partial charge in [0, 0.05) is 0 Å². The third-order valence-corrected chi connectivity index (χ3v) is 2.35. The smallest absolute Gasteiger partial charge is 0.598 e. The van der Waals surface area contributed by atoms with Gasteiger partial charge in [0.05, 0.1) is 0 Å². The van der Waals surface area contributed by atoms with Gasteiger partial charge in [-0.3, -0.25) is 0 Å². The third-order valence-electron chi connectivity index (χ3n) is 2.35. The number of rotatable bonds is 9. The van der Waals surface area contributed by atoms with Crippen molar-refractivity contribution in [1.29, 1.82) is 0 Å². The molecule has 3 nitrogen and oxygen atoms in total. The molecule has 0 fully saturated rings. The SMILES string of the molecule is O=[P+]([O-])[O-].[CH2-]CCCCCCCCCCC.[Ni+3]. The molecule has 0 rings (SSSR count). The zero-order valence-electron chi connectivity index (χ0n) is 10.8. The van der Waals surface area contributed by atoms with Crippen LogP contribution in [-0.2, 0) is 21.1 Å². The minimum atomic E-state index is -3.37. The van der Waals surface area contributed by atoms with E-state index in [9.17, 15) is 0 Å². The summed E-state index contributed by atoms with van der Waals surface area (Å²) >= 11 is 0. The first-order valence-corrected chi connectivity index (χ1v) is 7.35. The van der Waals surface area contributed by atoms with Crippen LogP contribution in [0.2, 0.25) is 0 Å². The monoisotopic (exact) mass is 306 g/mol. The van der Waals surface area contributed by atoms with Crippen molar-refractivity contribution in [2.45, 2.75) is 71.1 Å². The van der Waals surface area contributed by atoms with Gasteiger partial charge in [0.15, 0.2) is 0 Å². The molecule has 0 aromatic heterocycles. The van der Waals surface area contributed by atoms with Crippen LogP contribution in [0.5, 0.6) is 0 Å². The molecule has 0 aliphatic carbocycles. The molecule has 0 aliphatic rings. The quantitative estimate of drug-likeness (QED) is 0.284. The summed E-state index contributed by atoms with van der Waals surface area (Å²) in [5.74, 6) is 0. The Morgan fingerprint density at radius 2 is 1.18 bits per heavy atom. The molecule has 0 heterocycles. The molecule has 1 radical (unpaired) electrons. The first-order valence-electron chi connectivity index (χ1n) is 6.25. The number of hydrogen-bond donors (Lipinski definition) is 0. The Hall–Kier alpha value is 0.514. The number of unbranched alkanes of at least 4 members (excludes halogenated alkanes) is 9. The van der Waals surface area contributed by atoms with Crippen LogP contribution in [0.25, 0.3) is 0 Å². The molecular formula is C12H25NiO3P+. The molecule has 17 heavy (non-hydrogen) atoms.